The first-order valence-corrected chi connectivity index (χ1v) is 7.06. The zero-order valence-electron chi connectivity index (χ0n) is 9.95. The van der Waals surface area contributed by atoms with Gasteiger partial charge in [0.15, 0.2) is 5.13 Å². The van der Waals surface area contributed by atoms with Gasteiger partial charge in [0.25, 0.3) is 0 Å². The van der Waals surface area contributed by atoms with Crippen LogP contribution in [0.2, 0.25) is 0 Å². The van der Waals surface area contributed by atoms with E-state index < -0.39 is 0 Å². The van der Waals surface area contributed by atoms with Crippen LogP contribution < -0.4 is 11.1 Å². The van der Waals surface area contributed by atoms with Gasteiger partial charge in [0.2, 0.25) is 5.91 Å². The highest BCUT2D eigenvalue weighted by Crippen LogP contribution is 2.35. The van der Waals surface area contributed by atoms with Gasteiger partial charge in [-0.15, -0.1) is 11.3 Å². The fourth-order valence-corrected chi connectivity index (χ4v) is 2.97. The summed E-state index contributed by atoms with van der Waals surface area (Å²) in [5, 5.41) is 5.43. The largest absolute Gasteiger partial charge is 0.329 e. The molecule has 2 rings (SSSR count). The molecule has 1 amide bonds. The summed E-state index contributed by atoms with van der Waals surface area (Å²) >= 11 is 1.45. The number of aromatic nitrogens is 1. The normalized spacial score (nSPS) is 19.6. The lowest BCUT2D eigenvalue weighted by atomic mass is 9.79. The predicted octanol–water partition coefficient (Wildman–Crippen LogP) is 2.38. The van der Waals surface area contributed by atoms with Gasteiger partial charge in [-0.1, -0.05) is 25.7 Å². The summed E-state index contributed by atoms with van der Waals surface area (Å²) in [6.07, 6.45) is 8.13. The number of nitrogens with zero attached hydrogens (tertiary/aromatic N) is 1. The topological polar surface area (TPSA) is 68.0 Å². The van der Waals surface area contributed by atoms with E-state index in [1.165, 1.54) is 24.2 Å². The van der Waals surface area contributed by atoms with E-state index in [4.69, 9.17) is 5.73 Å². The summed E-state index contributed by atoms with van der Waals surface area (Å²) < 4.78 is 0. The molecule has 1 saturated carbocycles. The summed E-state index contributed by atoms with van der Waals surface area (Å²) in [6, 6.07) is 0. The van der Waals surface area contributed by atoms with Crippen LogP contribution in [0.25, 0.3) is 0 Å². The molecule has 0 bridgehead atoms. The summed E-state index contributed by atoms with van der Waals surface area (Å²) in [7, 11) is 0. The Bertz CT molecular complexity index is 356. The molecule has 0 saturated heterocycles. The molecule has 1 aliphatic carbocycles. The van der Waals surface area contributed by atoms with Crippen LogP contribution in [0, 0.1) is 5.41 Å². The quantitative estimate of drug-likeness (QED) is 0.813. The summed E-state index contributed by atoms with van der Waals surface area (Å²) in [6.45, 7) is 0.435. The third-order valence-electron chi connectivity index (χ3n) is 3.59. The van der Waals surface area contributed by atoms with Gasteiger partial charge in [0.1, 0.15) is 0 Å². The molecule has 0 spiro atoms. The van der Waals surface area contributed by atoms with E-state index in [2.05, 4.69) is 10.3 Å². The highest BCUT2D eigenvalue weighted by atomic mass is 32.1. The van der Waals surface area contributed by atoms with Gasteiger partial charge in [-0.2, -0.15) is 0 Å². The van der Waals surface area contributed by atoms with Crippen molar-refractivity contribution in [2.24, 2.45) is 11.1 Å². The molecular weight excluding hydrogens is 234 g/mol. The number of carbonyl (C=O) groups is 1. The van der Waals surface area contributed by atoms with Gasteiger partial charge < -0.3 is 11.1 Å². The molecule has 1 fully saturated rings. The molecule has 1 aromatic rings. The minimum atomic E-state index is -0.373. The van der Waals surface area contributed by atoms with Gasteiger partial charge in [-0.25, -0.2) is 4.98 Å². The maximum absolute atomic E-state index is 12.3. The molecule has 4 nitrogen and oxygen atoms in total. The molecule has 3 N–H and O–H groups in total. The molecule has 94 valence electrons. The van der Waals surface area contributed by atoms with E-state index in [0.717, 1.165) is 25.7 Å². The second-order valence-corrected chi connectivity index (χ2v) is 5.58. The minimum Gasteiger partial charge on any atom is -0.329 e. The Hall–Kier alpha value is -0.940. The number of rotatable bonds is 3. The number of nitrogens with two attached hydrogens (primary N) is 1. The first-order valence-electron chi connectivity index (χ1n) is 6.18. The lowest BCUT2D eigenvalue weighted by Crippen LogP contribution is -2.42. The SMILES string of the molecule is NCC1(C(=O)Nc2nccs2)CCCCCC1. The van der Waals surface area contributed by atoms with Crippen molar-refractivity contribution in [2.75, 3.05) is 11.9 Å². The Morgan fingerprint density at radius 1 is 1.41 bits per heavy atom. The molecule has 1 heterocycles. The van der Waals surface area contributed by atoms with Crippen molar-refractivity contribution in [3.8, 4) is 0 Å². The van der Waals surface area contributed by atoms with Crippen LogP contribution in [0.5, 0.6) is 0 Å². The Morgan fingerprint density at radius 2 is 2.12 bits per heavy atom. The van der Waals surface area contributed by atoms with Gasteiger partial charge >= 0.3 is 0 Å². The molecule has 0 atom stereocenters. The number of carbonyl (C=O) groups excluding carboxylic acids is 1. The predicted molar refractivity (Wildman–Crippen MR) is 69.9 cm³/mol. The van der Waals surface area contributed by atoms with Crippen LogP contribution in [0.1, 0.15) is 38.5 Å². The molecule has 0 aliphatic heterocycles. The van der Waals surface area contributed by atoms with Crippen molar-refractivity contribution in [1.29, 1.82) is 0 Å². The fourth-order valence-electron chi connectivity index (χ4n) is 2.44. The maximum Gasteiger partial charge on any atom is 0.233 e. The van der Waals surface area contributed by atoms with Crippen LogP contribution in [-0.2, 0) is 4.79 Å². The van der Waals surface area contributed by atoms with E-state index in [-0.39, 0.29) is 11.3 Å². The first kappa shape index (κ1) is 12.5. The van der Waals surface area contributed by atoms with Crippen LogP contribution in [-0.4, -0.2) is 17.4 Å². The van der Waals surface area contributed by atoms with Gasteiger partial charge in [0, 0.05) is 18.1 Å². The van der Waals surface area contributed by atoms with E-state index in [0.29, 0.717) is 11.7 Å². The number of amides is 1. The van der Waals surface area contributed by atoms with Crippen LogP contribution in [0.3, 0.4) is 0 Å². The van der Waals surface area contributed by atoms with Crippen molar-refractivity contribution in [2.45, 2.75) is 38.5 Å². The fraction of sp³-hybridized carbons (Fsp3) is 0.667. The minimum absolute atomic E-state index is 0.0526. The lowest BCUT2D eigenvalue weighted by molar-refractivity contribution is -0.125. The Labute approximate surface area is 106 Å². The smallest absolute Gasteiger partial charge is 0.233 e. The molecule has 1 aliphatic rings. The van der Waals surface area contributed by atoms with Crippen molar-refractivity contribution >= 4 is 22.4 Å². The van der Waals surface area contributed by atoms with Crippen molar-refractivity contribution in [1.82, 2.24) is 4.98 Å². The number of anilines is 1. The standard InChI is InChI=1S/C12H19N3OS/c13-9-12(5-3-1-2-4-6-12)10(16)15-11-14-7-8-17-11/h7-8H,1-6,9,13H2,(H,14,15,16). The Kier molecular flexibility index (Phi) is 4.12. The second-order valence-electron chi connectivity index (χ2n) is 4.69. The van der Waals surface area contributed by atoms with Crippen molar-refractivity contribution < 1.29 is 4.79 Å². The molecule has 0 aromatic carbocycles. The highest BCUT2D eigenvalue weighted by molar-refractivity contribution is 7.13. The van der Waals surface area contributed by atoms with E-state index in [1.54, 1.807) is 6.20 Å². The average molecular weight is 253 g/mol. The van der Waals surface area contributed by atoms with Crippen LogP contribution >= 0.6 is 11.3 Å². The molecule has 0 radical (unpaired) electrons. The van der Waals surface area contributed by atoms with Crippen molar-refractivity contribution in [3.05, 3.63) is 11.6 Å². The molecule has 0 unspecified atom stereocenters. The number of thiazole rings is 1. The lowest BCUT2D eigenvalue weighted by Gasteiger charge is -2.29. The zero-order chi connectivity index (χ0) is 12.1. The number of nitrogens with one attached hydrogen (secondary N) is 1. The summed E-state index contributed by atoms with van der Waals surface area (Å²) in [4.78, 5) is 16.4. The Balaban J connectivity index is 2.07. The number of hydrogen-bond acceptors (Lipinski definition) is 4. The van der Waals surface area contributed by atoms with Gasteiger partial charge in [-0.3, -0.25) is 4.79 Å². The number of hydrogen-bond donors (Lipinski definition) is 2. The van der Waals surface area contributed by atoms with E-state index in [1.807, 2.05) is 5.38 Å². The second kappa shape index (κ2) is 5.60. The van der Waals surface area contributed by atoms with Gasteiger partial charge in [0.05, 0.1) is 5.41 Å². The van der Waals surface area contributed by atoms with Gasteiger partial charge in [-0.05, 0) is 12.8 Å². The third-order valence-corrected chi connectivity index (χ3v) is 4.27. The summed E-state index contributed by atoms with van der Waals surface area (Å²) in [5.41, 5.74) is 5.49. The Morgan fingerprint density at radius 3 is 2.65 bits per heavy atom. The van der Waals surface area contributed by atoms with E-state index >= 15 is 0 Å². The van der Waals surface area contributed by atoms with Crippen LogP contribution in [0.4, 0.5) is 5.13 Å². The molecular formula is C12H19N3OS. The highest BCUT2D eigenvalue weighted by Gasteiger charge is 2.37. The first-order chi connectivity index (χ1) is 8.27. The van der Waals surface area contributed by atoms with E-state index in [9.17, 15) is 4.79 Å². The summed E-state index contributed by atoms with van der Waals surface area (Å²) in [5.74, 6) is 0.0526. The zero-order valence-corrected chi connectivity index (χ0v) is 10.8. The monoisotopic (exact) mass is 253 g/mol. The molecule has 1 aromatic heterocycles. The third kappa shape index (κ3) is 2.84. The van der Waals surface area contributed by atoms with Crippen LogP contribution in [0.15, 0.2) is 11.6 Å². The maximum atomic E-state index is 12.3. The molecule has 5 heteroatoms. The molecule has 17 heavy (non-hydrogen) atoms. The van der Waals surface area contributed by atoms with Crippen molar-refractivity contribution in [3.63, 3.8) is 0 Å². The average Bonchev–Trinajstić information content (AvgIpc) is 2.72.